The van der Waals surface area contributed by atoms with Crippen molar-refractivity contribution in [2.24, 2.45) is 0 Å². The van der Waals surface area contributed by atoms with Crippen molar-refractivity contribution in [2.45, 2.75) is 13.0 Å². The van der Waals surface area contributed by atoms with E-state index in [1.165, 1.54) is 0 Å². The van der Waals surface area contributed by atoms with Gasteiger partial charge in [0.2, 0.25) is 0 Å². The highest BCUT2D eigenvalue weighted by molar-refractivity contribution is 5.53. The lowest BCUT2D eigenvalue weighted by atomic mass is 10.1. The molecule has 0 aliphatic rings. The summed E-state index contributed by atoms with van der Waals surface area (Å²) in [5.41, 5.74) is 8.30. The van der Waals surface area contributed by atoms with Gasteiger partial charge in [0.1, 0.15) is 5.75 Å². The van der Waals surface area contributed by atoms with Gasteiger partial charge >= 0.3 is 0 Å². The number of hydrogen-bond donors (Lipinski definition) is 2. The molecule has 2 rings (SSSR count). The van der Waals surface area contributed by atoms with Crippen LogP contribution in [-0.4, -0.2) is 28.6 Å². The second-order valence-electron chi connectivity index (χ2n) is 4.70. The van der Waals surface area contributed by atoms with Crippen molar-refractivity contribution in [3.8, 4) is 5.75 Å². The molecule has 0 atom stereocenters. The molecule has 2 aromatic rings. The largest absolute Gasteiger partial charge is 0.506 e. The molecule has 1 aromatic heterocycles. The summed E-state index contributed by atoms with van der Waals surface area (Å²) in [6.45, 7) is 1.73. The topological polar surface area (TPSA) is 62.4 Å². The quantitative estimate of drug-likeness (QED) is 0.635. The Morgan fingerprint density at radius 1 is 1.26 bits per heavy atom. The van der Waals surface area contributed by atoms with Crippen LogP contribution in [0.5, 0.6) is 5.75 Å². The van der Waals surface area contributed by atoms with Crippen molar-refractivity contribution >= 4 is 5.69 Å². The van der Waals surface area contributed by atoms with Crippen LogP contribution in [-0.2, 0) is 13.0 Å². The van der Waals surface area contributed by atoms with Gasteiger partial charge in [-0.05, 0) is 36.9 Å². The van der Waals surface area contributed by atoms with Gasteiger partial charge < -0.3 is 15.7 Å². The van der Waals surface area contributed by atoms with E-state index in [9.17, 15) is 5.11 Å². The molecule has 3 N–H and O–H groups in total. The Morgan fingerprint density at radius 3 is 2.79 bits per heavy atom. The number of nitrogens with two attached hydrogens (primary N) is 1. The van der Waals surface area contributed by atoms with Crippen LogP contribution in [0, 0.1) is 0 Å². The SMILES string of the molecule is CN(CCc1ccccn1)Cc1ccc(O)c(N)c1. The predicted molar refractivity (Wildman–Crippen MR) is 76.8 cm³/mol. The lowest BCUT2D eigenvalue weighted by molar-refractivity contribution is 0.330. The molecule has 100 valence electrons. The molecular formula is C15H19N3O. The summed E-state index contributed by atoms with van der Waals surface area (Å²) in [5, 5.41) is 9.38. The first-order chi connectivity index (χ1) is 9.15. The van der Waals surface area contributed by atoms with E-state index in [0.717, 1.165) is 30.8 Å². The zero-order chi connectivity index (χ0) is 13.7. The Morgan fingerprint density at radius 2 is 2.11 bits per heavy atom. The smallest absolute Gasteiger partial charge is 0.138 e. The highest BCUT2D eigenvalue weighted by Crippen LogP contribution is 2.21. The van der Waals surface area contributed by atoms with Crippen LogP contribution in [0.4, 0.5) is 5.69 Å². The molecule has 0 unspecified atom stereocenters. The number of nitrogen functional groups attached to an aromatic ring is 1. The number of pyridine rings is 1. The van der Waals surface area contributed by atoms with E-state index >= 15 is 0 Å². The Bertz CT molecular complexity index is 528. The van der Waals surface area contributed by atoms with Gasteiger partial charge in [-0.15, -0.1) is 0 Å². The Labute approximate surface area is 113 Å². The molecule has 0 aliphatic carbocycles. The second-order valence-corrected chi connectivity index (χ2v) is 4.70. The summed E-state index contributed by atoms with van der Waals surface area (Å²) >= 11 is 0. The maximum absolute atomic E-state index is 9.38. The lowest BCUT2D eigenvalue weighted by Gasteiger charge is -2.16. The molecule has 1 heterocycles. The van der Waals surface area contributed by atoms with Gasteiger partial charge in [-0.3, -0.25) is 4.98 Å². The molecule has 0 amide bonds. The number of benzene rings is 1. The predicted octanol–water partition coefficient (Wildman–Crippen LogP) is 2.04. The first kappa shape index (κ1) is 13.4. The number of hydrogen-bond acceptors (Lipinski definition) is 4. The van der Waals surface area contributed by atoms with Gasteiger partial charge in [0.05, 0.1) is 5.69 Å². The molecule has 0 fully saturated rings. The van der Waals surface area contributed by atoms with E-state index in [0.29, 0.717) is 5.69 Å². The molecule has 0 saturated carbocycles. The van der Waals surface area contributed by atoms with E-state index < -0.39 is 0 Å². The first-order valence-corrected chi connectivity index (χ1v) is 6.31. The highest BCUT2D eigenvalue weighted by atomic mass is 16.3. The zero-order valence-electron chi connectivity index (χ0n) is 11.1. The molecule has 0 bridgehead atoms. The van der Waals surface area contributed by atoms with Crippen LogP contribution < -0.4 is 5.73 Å². The third-order valence-corrected chi connectivity index (χ3v) is 3.02. The van der Waals surface area contributed by atoms with Crippen LogP contribution in [0.1, 0.15) is 11.3 Å². The molecule has 4 heteroatoms. The number of rotatable bonds is 5. The number of likely N-dealkylation sites (N-methyl/N-ethyl adjacent to an activating group) is 1. The molecule has 4 nitrogen and oxygen atoms in total. The third kappa shape index (κ3) is 3.96. The summed E-state index contributed by atoms with van der Waals surface area (Å²) in [4.78, 5) is 6.51. The third-order valence-electron chi connectivity index (χ3n) is 3.02. The minimum Gasteiger partial charge on any atom is -0.506 e. The lowest BCUT2D eigenvalue weighted by Crippen LogP contribution is -2.21. The fourth-order valence-electron chi connectivity index (χ4n) is 1.94. The van der Waals surface area contributed by atoms with Crippen LogP contribution in [0.3, 0.4) is 0 Å². The average molecular weight is 257 g/mol. The van der Waals surface area contributed by atoms with Crippen molar-refractivity contribution in [1.82, 2.24) is 9.88 Å². The molecule has 0 spiro atoms. The molecule has 0 saturated heterocycles. The van der Waals surface area contributed by atoms with Crippen LogP contribution in [0.25, 0.3) is 0 Å². The van der Waals surface area contributed by atoms with E-state index in [1.54, 1.807) is 6.07 Å². The molecule has 19 heavy (non-hydrogen) atoms. The summed E-state index contributed by atoms with van der Waals surface area (Å²) in [5.74, 6) is 0.139. The van der Waals surface area contributed by atoms with Gasteiger partial charge in [-0.1, -0.05) is 12.1 Å². The molecular weight excluding hydrogens is 238 g/mol. The van der Waals surface area contributed by atoms with Crippen molar-refractivity contribution in [2.75, 3.05) is 19.3 Å². The molecule has 0 aliphatic heterocycles. The molecule has 1 aromatic carbocycles. The Hall–Kier alpha value is -2.07. The minimum atomic E-state index is 0.139. The van der Waals surface area contributed by atoms with Crippen LogP contribution in [0.15, 0.2) is 42.6 Å². The highest BCUT2D eigenvalue weighted by Gasteiger charge is 2.04. The maximum Gasteiger partial charge on any atom is 0.138 e. The Balaban J connectivity index is 1.87. The fourth-order valence-corrected chi connectivity index (χ4v) is 1.94. The Kier molecular flexibility index (Phi) is 4.36. The molecule has 0 radical (unpaired) electrons. The second kappa shape index (κ2) is 6.20. The van der Waals surface area contributed by atoms with Crippen LogP contribution in [0.2, 0.25) is 0 Å². The van der Waals surface area contributed by atoms with Gasteiger partial charge in [0.15, 0.2) is 0 Å². The van der Waals surface area contributed by atoms with Crippen LogP contribution >= 0.6 is 0 Å². The monoisotopic (exact) mass is 257 g/mol. The number of aromatic hydroxyl groups is 1. The number of aromatic nitrogens is 1. The summed E-state index contributed by atoms with van der Waals surface area (Å²) < 4.78 is 0. The summed E-state index contributed by atoms with van der Waals surface area (Å²) in [7, 11) is 2.06. The number of phenols is 1. The standard InChI is InChI=1S/C15H19N3O/c1-18(9-7-13-4-2-3-8-17-13)11-12-5-6-15(19)14(16)10-12/h2-6,8,10,19H,7,9,11,16H2,1H3. The number of phenolic OH excluding ortho intramolecular Hbond substituents is 1. The van der Waals surface area contributed by atoms with Crippen molar-refractivity contribution in [3.05, 3.63) is 53.9 Å². The van der Waals surface area contributed by atoms with Crippen molar-refractivity contribution in [3.63, 3.8) is 0 Å². The normalized spacial score (nSPS) is 10.8. The van der Waals surface area contributed by atoms with E-state index in [-0.39, 0.29) is 5.75 Å². The summed E-state index contributed by atoms with van der Waals surface area (Å²) in [6, 6.07) is 11.3. The minimum absolute atomic E-state index is 0.139. The number of anilines is 1. The fraction of sp³-hybridized carbons (Fsp3) is 0.267. The summed E-state index contributed by atoms with van der Waals surface area (Å²) in [6.07, 6.45) is 2.74. The van der Waals surface area contributed by atoms with Crippen molar-refractivity contribution in [1.29, 1.82) is 0 Å². The van der Waals surface area contributed by atoms with Gasteiger partial charge in [0.25, 0.3) is 0 Å². The van der Waals surface area contributed by atoms with E-state index in [2.05, 4.69) is 16.9 Å². The zero-order valence-corrected chi connectivity index (χ0v) is 11.1. The number of nitrogens with zero attached hydrogens (tertiary/aromatic N) is 2. The maximum atomic E-state index is 9.38. The average Bonchev–Trinajstić information content (AvgIpc) is 2.42. The van der Waals surface area contributed by atoms with Gasteiger partial charge in [-0.25, -0.2) is 0 Å². The van der Waals surface area contributed by atoms with Crippen molar-refractivity contribution < 1.29 is 5.11 Å². The van der Waals surface area contributed by atoms with Gasteiger partial charge in [-0.2, -0.15) is 0 Å². The van der Waals surface area contributed by atoms with Gasteiger partial charge in [0, 0.05) is 31.4 Å². The van der Waals surface area contributed by atoms with E-state index in [4.69, 9.17) is 5.73 Å². The van der Waals surface area contributed by atoms with E-state index in [1.807, 2.05) is 36.5 Å². The first-order valence-electron chi connectivity index (χ1n) is 6.31.